The highest BCUT2D eigenvalue weighted by Crippen LogP contribution is 2.36. The summed E-state index contributed by atoms with van der Waals surface area (Å²) in [4.78, 5) is 11.8. The summed E-state index contributed by atoms with van der Waals surface area (Å²) in [5.74, 6) is 1.70. The lowest BCUT2D eigenvalue weighted by Crippen LogP contribution is -2.40. The average Bonchev–Trinajstić information content (AvgIpc) is 2.85. The molecule has 0 aromatic heterocycles. The van der Waals surface area contributed by atoms with Crippen LogP contribution in [0.4, 0.5) is 0 Å². The summed E-state index contributed by atoms with van der Waals surface area (Å²) >= 11 is 2.00. The lowest BCUT2D eigenvalue weighted by atomic mass is 10.0. The molecule has 0 aromatic carbocycles. The van der Waals surface area contributed by atoms with Crippen molar-refractivity contribution < 1.29 is 4.79 Å². The second-order valence-electron chi connectivity index (χ2n) is 4.81. The molecule has 2 N–H and O–H groups in total. The number of carbonyl (C=O) groups excluding carboxylic acids is 1. The van der Waals surface area contributed by atoms with Crippen LogP contribution in [-0.4, -0.2) is 36.0 Å². The molecule has 1 amide bonds. The first-order valence-electron chi connectivity index (χ1n) is 5.82. The third-order valence-corrected chi connectivity index (χ3v) is 4.91. The van der Waals surface area contributed by atoms with Gasteiger partial charge in [0.2, 0.25) is 5.91 Å². The van der Waals surface area contributed by atoms with Crippen LogP contribution in [0.5, 0.6) is 0 Å². The fraction of sp³-hybridized carbons (Fsp3) is 0.909. The van der Waals surface area contributed by atoms with Gasteiger partial charge in [-0.15, -0.1) is 0 Å². The Balaban J connectivity index is 1.74. The first kappa shape index (κ1) is 11.3. The Bertz CT molecular complexity index is 233. The summed E-state index contributed by atoms with van der Waals surface area (Å²) < 4.78 is 0.293. The Morgan fingerprint density at radius 3 is 3.13 bits per heavy atom. The van der Waals surface area contributed by atoms with Crippen LogP contribution in [0.2, 0.25) is 0 Å². The number of amides is 1. The summed E-state index contributed by atoms with van der Waals surface area (Å²) in [5.41, 5.74) is 0. The molecule has 2 rings (SSSR count). The molecule has 2 aliphatic rings. The molecule has 3 nitrogen and oxygen atoms in total. The summed E-state index contributed by atoms with van der Waals surface area (Å²) in [6, 6.07) is 0. The summed E-state index contributed by atoms with van der Waals surface area (Å²) in [7, 11) is 0. The number of thioether (sulfide) groups is 1. The van der Waals surface area contributed by atoms with E-state index in [1.54, 1.807) is 0 Å². The Labute approximate surface area is 95.8 Å². The van der Waals surface area contributed by atoms with Crippen molar-refractivity contribution in [1.82, 2.24) is 10.6 Å². The Hall–Kier alpha value is -0.220. The van der Waals surface area contributed by atoms with E-state index in [-0.39, 0.29) is 11.8 Å². The summed E-state index contributed by atoms with van der Waals surface area (Å²) in [5, 5.41) is 6.33. The van der Waals surface area contributed by atoms with Crippen LogP contribution in [0.1, 0.15) is 26.2 Å². The van der Waals surface area contributed by atoms with Gasteiger partial charge in [-0.2, -0.15) is 11.8 Å². The van der Waals surface area contributed by atoms with Crippen LogP contribution in [0.25, 0.3) is 0 Å². The average molecular weight is 228 g/mol. The van der Waals surface area contributed by atoms with Crippen molar-refractivity contribution in [2.24, 2.45) is 5.92 Å². The predicted octanol–water partition coefficient (Wildman–Crippen LogP) is 0.998. The minimum Gasteiger partial charge on any atom is -0.354 e. The lowest BCUT2D eigenvalue weighted by Gasteiger charge is -2.23. The van der Waals surface area contributed by atoms with Crippen molar-refractivity contribution in [2.45, 2.75) is 30.9 Å². The van der Waals surface area contributed by atoms with Gasteiger partial charge in [-0.05, 0) is 38.5 Å². The smallest absolute Gasteiger partial charge is 0.224 e. The minimum absolute atomic E-state index is 0.208. The normalized spacial score (nSPS) is 35.7. The van der Waals surface area contributed by atoms with Gasteiger partial charge in [-0.25, -0.2) is 0 Å². The maximum atomic E-state index is 11.8. The van der Waals surface area contributed by atoms with Crippen LogP contribution in [0.15, 0.2) is 0 Å². The topological polar surface area (TPSA) is 41.1 Å². The molecule has 0 aromatic rings. The van der Waals surface area contributed by atoms with Gasteiger partial charge in [0.1, 0.15) is 0 Å². The largest absolute Gasteiger partial charge is 0.354 e. The highest BCUT2D eigenvalue weighted by Gasteiger charge is 2.31. The highest BCUT2D eigenvalue weighted by atomic mass is 32.2. The minimum atomic E-state index is 0.208. The van der Waals surface area contributed by atoms with Gasteiger partial charge >= 0.3 is 0 Å². The van der Waals surface area contributed by atoms with Crippen LogP contribution in [0.3, 0.4) is 0 Å². The van der Waals surface area contributed by atoms with Gasteiger partial charge in [-0.3, -0.25) is 4.79 Å². The van der Waals surface area contributed by atoms with Crippen molar-refractivity contribution >= 4 is 17.7 Å². The summed E-state index contributed by atoms with van der Waals surface area (Å²) in [6.45, 7) is 4.95. The molecule has 15 heavy (non-hydrogen) atoms. The molecule has 2 fully saturated rings. The van der Waals surface area contributed by atoms with E-state index >= 15 is 0 Å². The first-order valence-corrected chi connectivity index (χ1v) is 6.81. The second-order valence-corrected chi connectivity index (χ2v) is 6.49. The molecule has 86 valence electrons. The molecule has 0 bridgehead atoms. The molecule has 2 saturated heterocycles. The monoisotopic (exact) mass is 228 g/mol. The maximum Gasteiger partial charge on any atom is 0.224 e. The van der Waals surface area contributed by atoms with E-state index in [1.807, 2.05) is 11.8 Å². The summed E-state index contributed by atoms with van der Waals surface area (Å²) in [6.07, 6.45) is 3.53. The molecular formula is C11H20N2OS. The number of hydrogen-bond acceptors (Lipinski definition) is 3. The van der Waals surface area contributed by atoms with Crippen molar-refractivity contribution in [3.05, 3.63) is 0 Å². The van der Waals surface area contributed by atoms with Gasteiger partial charge in [0, 0.05) is 17.8 Å². The van der Waals surface area contributed by atoms with Crippen LogP contribution < -0.4 is 10.6 Å². The van der Waals surface area contributed by atoms with Crippen molar-refractivity contribution in [3.8, 4) is 0 Å². The van der Waals surface area contributed by atoms with Crippen LogP contribution in [-0.2, 0) is 4.79 Å². The molecule has 0 aliphatic carbocycles. The van der Waals surface area contributed by atoms with E-state index in [0.29, 0.717) is 4.75 Å². The van der Waals surface area contributed by atoms with Gasteiger partial charge in [0.15, 0.2) is 0 Å². The zero-order valence-electron chi connectivity index (χ0n) is 9.34. The maximum absolute atomic E-state index is 11.8. The molecule has 2 heterocycles. The van der Waals surface area contributed by atoms with E-state index < -0.39 is 0 Å². The molecule has 0 saturated carbocycles. The number of nitrogens with one attached hydrogen (secondary N) is 2. The van der Waals surface area contributed by atoms with E-state index in [1.165, 1.54) is 18.6 Å². The van der Waals surface area contributed by atoms with E-state index in [9.17, 15) is 4.79 Å². The third kappa shape index (κ3) is 2.88. The second kappa shape index (κ2) is 4.74. The van der Waals surface area contributed by atoms with Gasteiger partial charge < -0.3 is 10.6 Å². The molecule has 1 unspecified atom stereocenters. The Morgan fingerprint density at radius 1 is 1.67 bits per heavy atom. The van der Waals surface area contributed by atoms with Crippen molar-refractivity contribution in [3.63, 3.8) is 0 Å². The Kier molecular flexibility index (Phi) is 3.57. The zero-order chi connectivity index (χ0) is 10.7. The standard InChI is InChI=1S/C11H20N2OS/c1-11(4-2-6-15-11)8-13-10(14)9-3-5-12-7-9/h9,12H,2-8H2,1H3,(H,13,14)/t9-,11?/m1/s1. The molecular weight excluding hydrogens is 208 g/mol. The molecule has 0 spiro atoms. The van der Waals surface area contributed by atoms with Crippen molar-refractivity contribution in [2.75, 3.05) is 25.4 Å². The number of hydrogen-bond donors (Lipinski definition) is 2. The first-order chi connectivity index (χ1) is 7.20. The fourth-order valence-electron chi connectivity index (χ4n) is 2.27. The quantitative estimate of drug-likeness (QED) is 0.757. The van der Waals surface area contributed by atoms with Gasteiger partial charge in [0.05, 0.1) is 5.92 Å². The Morgan fingerprint density at radius 2 is 2.53 bits per heavy atom. The zero-order valence-corrected chi connectivity index (χ0v) is 10.2. The molecule has 2 aliphatic heterocycles. The highest BCUT2D eigenvalue weighted by molar-refractivity contribution is 8.00. The third-order valence-electron chi connectivity index (χ3n) is 3.37. The lowest BCUT2D eigenvalue weighted by molar-refractivity contribution is -0.124. The van der Waals surface area contributed by atoms with E-state index in [0.717, 1.165) is 26.1 Å². The van der Waals surface area contributed by atoms with Gasteiger partial charge in [0.25, 0.3) is 0 Å². The molecule has 0 radical (unpaired) electrons. The van der Waals surface area contributed by atoms with Crippen LogP contribution in [0, 0.1) is 5.92 Å². The SMILES string of the molecule is CC1(CNC(=O)[C@@H]2CCNC2)CCCS1. The van der Waals surface area contributed by atoms with E-state index in [2.05, 4.69) is 17.6 Å². The molecule has 4 heteroatoms. The molecule has 2 atom stereocenters. The number of rotatable bonds is 3. The number of carbonyl (C=O) groups is 1. The van der Waals surface area contributed by atoms with Crippen LogP contribution >= 0.6 is 11.8 Å². The van der Waals surface area contributed by atoms with Gasteiger partial charge in [-0.1, -0.05) is 0 Å². The van der Waals surface area contributed by atoms with Crippen molar-refractivity contribution in [1.29, 1.82) is 0 Å². The fourth-order valence-corrected chi connectivity index (χ4v) is 3.52. The van der Waals surface area contributed by atoms with E-state index in [4.69, 9.17) is 0 Å². The predicted molar refractivity (Wildman–Crippen MR) is 64.1 cm³/mol.